The largest absolute Gasteiger partial charge is 0.329 e. The van der Waals surface area contributed by atoms with Crippen LogP contribution < -0.4 is 5.32 Å². The zero-order chi connectivity index (χ0) is 12.3. The van der Waals surface area contributed by atoms with E-state index in [2.05, 4.69) is 5.32 Å². The van der Waals surface area contributed by atoms with Crippen LogP contribution in [0, 0.1) is 0 Å². The van der Waals surface area contributed by atoms with Gasteiger partial charge in [0.1, 0.15) is 0 Å². The Morgan fingerprint density at radius 3 is 2.76 bits per heavy atom. The molecule has 0 bridgehead atoms. The Hall–Kier alpha value is -1.20. The molecule has 4 nitrogen and oxygen atoms in total. The van der Waals surface area contributed by atoms with Crippen molar-refractivity contribution in [2.24, 2.45) is 0 Å². The first-order chi connectivity index (χ1) is 8.18. The van der Waals surface area contributed by atoms with Crippen LogP contribution in [0.25, 0.3) is 0 Å². The molecule has 6 heteroatoms. The average Bonchev–Trinajstić information content (AvgIpc) is 2.63. The van der Waals surface area contributed by atoms with Gasteiger partial charge >= 0.3 is 6.03 Å². The fraction of sp³-hybridized carbons (Fsp3) is 0.273. The third-order valence-electron chi connectivity index (χ3n) is 2.35. The van der Waals surface area contributed by atoms with Gasteiger partial charge in [-0.25, -0.2) is 4.79 Å². The lowest BCUT2D eigenvalue weighted by Gasteiger charge is -2.11. The Morgan fingerprint density at radius 1 is 1.35 bits per heavy atom. The second-order valence-corrected chi connectivity index (χ2v) is 5.03. The van der Waals surface area contributed by atoms with Gasteiger partial charge in [-0.2, -0.15) is 0 Å². The molecule has 3 amide bonds. The third kappa shape index (κ3) is 2.92. The number of carbonyl (C=O) groups excluding carboxylic acids is 2. The summed E-state index contributed by atoms with van der Waals surface area (Å²) in [7, 11) is 0. The molecule has 0 aromatic heterocycles. The molecule has 0 unspecified atom stereocenters. The zero-order valence-electron chi connectivity index (χ0n) is 8.98. The highest BCUT2D eigenvalue weighted by Gasteiger charge is 2.27. The van der Waals surface area contributed by atoms with Crippen LogP contribution in [0.3, 0.4) is 0 Å². The molecule has 17 heavy (non-hydrogen) atoms. The van der Waals surface area contributed by atoms with Crippen molar-refractivity contribution >= 4 is 35.3 Å². The van der Waals surface area contributed by atoms with Crippen LogP contribution in [-0.2, 0) is 4.79 Å². The van der Waals surface area contributed by atoms with Crippen LogP contribution >= 0.6 is 23.4 Å². The molecule has 0 radical (unpaired) electrons. The molecule has 1 heterocycles. The standard InChI is InChI=1S/C11H11ClN2O2S/c12-8-3-1-2-4-9(8)17-6-5-14-10(15)7-13-11(14)16/h1-4H,5-7H2,(H,13,16). The van der Waals surface area contributed by atoms with Crippen molar-refractivity contribution in [2.75, 3.05) is 18.8 Å². The maximum absolute atomic E-state index is 11.3. The van der Waals surface area contributed by atoms with E-state index in [0.29, 0.717) is 17.3 Å². The molecule has 0 saturated carbocycles. The van der Waals surface area contributed by atoms with Crippen LogP contribution in [0.4, 0.5) is 4.79 Å². The topological polar surface area (TPSA) is 49.4 Å². The predicted molar refractivity (Wildman–Crippen MR) is 67.3 cm³/mol. The summed E-state index contributed by atoms with van der Waals surface area (Å²) in [5, 5.41) is 3.17. The van der Waals surface area contributed by atoms with Crippen molar-refractivity contribution in [3.05, 3.63) is 29.3 Å². The number of hydrogen-bond acceptors (Lipinski definition) is 3. The van der Waals surface area contributed by atoms with Crippen molar-refractivity contribution in [3.63, 3.8) is 0 Å². The Morgan fingerprint density at radius 2 is 2.12 bits per heavy atom. The average molecular weight is 271 g/mol. The monoisotopic (exact) mass is 270 g/mol. The number of amides is 3. The molecule has 0 atom stereocenters. The van der Waals surface area contributed by atoms with Gasteiger partial charge in [0.25, 0.3) is 0 Å². The number of imide groups is 1. The van der Waals surface area contributed by atoms with Crippen LogP contribution in [0.5, 0.6) is 0 Å². The number of carbonyl (C=O) groups is 2. The summed E-state index contributed by atoms with van der Waals surface area (Å²) in [5.41, 5.74) is 0. The summed E-state index contributed by atoms with van der Waals surface area (Å²) in [6.07, 6.45) is 0. The second kappa shape index (κ2) is 5.42. The van der Waals surface area contributed by atoms with E-state index < -0.39 is 0 Å². The van der Waals surface area contributed by atoms with Crippen molar-refractivity contribution in [1.29, 1.82) is 0 Å². The number of urea groups is 1. The normalized spacial score (nSPS) is 15.2. The molecular weight excluding hydrogens is 260 g/mol. The van der Waals surface area contributed by atoms with Crippen LogP contribution in [-0.4, -0.2) is 35.7 Å². The predicted octanol–water partition coefficient (Wildman–Crippen LogP) is 1.98. The fourth-order valence-corrected chi connectivity index (χ4v) is 2.66. The highest BCUT2D eigenvalue weighted by atomic mass is 35.5. The number of benzene rings is 1. The second-order valence-electron chi connectivity index (χ2n) is 3.48. The van der Waals surface area contributed by atoms with Gasteiger partial charge in [0.05, 0.1) is 11.6 Å². The summed E-state index contributed by atoms with van der Waals surface area (Å²) in [5.74, 6) is 0.470. The lowest BCUT2D eigenvalue weighted by Crippen LogP contribution is -2.32. The van der Waals surface area contributed by atoms with Crippen molar-refractivity contribution in [1.82, 2.24) is 10.2 Å². The quantitative estimate of drug-likeness (QED) is 0.672. The summed E-state index contributed by atoms with van der Waals surface area (Å²) < 4.78 is 0. The van der Waals surface area contributed by atoms with E-state index >= 15 is 0 Å². The van der Waals surface area contributed by atoms with E-state index in [1.807, 2.05) is 24.3 Å². The molecule has 2 rings (SSSR count). The first-order valence-corrected chi connectivity index (χ1v) is 6.50. The van der Waals surface area contributed by atoms with Gasteiger partial charge in [-0.05, 0) is 12.1 Å². The minimum atomic E-state index is -0.310. The molecule has 1 aromatic carbocycles. The van der Waals surface area contributed by atoms with Gasteiger partial charge in [-0.3, -0.25) is 9.69 Å². The molecule has 1 aliphatic heterocycles. The first-order valence-electron chi connectivity index (χ1n) is 5.14. The van der Waals surface area contributed by atoms with Gasteiger partial charge in [0, 0.05) is 17.2 Å². The smallest absolute Gasteiger partial charge is 0.324 e. The minimum Gasteiger partial charge on any atom is -0.329 e. The Labute approximate surface area is 108 Å². The number of halogens is 1. The lowest BCUT2D eigenvalue weighted by atomic mass is 10.4. The Kier molecular flexibility index (Phi) is 3.91. The number of nitrogens with zero attached hydrogens (tertiary/aromatic N) is 1. The van der Waals surface area contributed by atoms with Gasteiger partial charge in [0.15, 0.2) is 0 Å². The lowest BCUT2D eigenvalue weighted by molar-refractivity contribution is -0.124. The van der Waals surface area contributed by atoms with Crippen LogP contribution in [0.15, 0.2) is 29.2 Å². The molecule has 1 saturated heterocycles. The Bertz CT molecular complexity index is 437. The van der Waals surface area contributed by atoms with Gasteiger partial charge in [-0.15, -0.1) is 11.8 Å². The van der Waals surface area contributed by atoms with Crippen molar-refractivity contribution in [2.45, 2.75) is 4.90 Å². The van der Waals surface area contributed by atoms with Crippen molar-refractivity contribution < 1.29 is 9.59 Å². The molecular formula is C11H11ClN2O2S. The van der Waals surface area contributed by atoms with Crippen LogP contribution in [0.1, 0.15) is 0 Å². The van der Waals surface area contributed by atoms with Gasteiger partial charge < -0.3 is 5.32 Å². The molecule has 0 spiro atoms. The maximum Gasteiger partial charge on any atom is 0.324 e. The SMILES string of the molecule is O=C1CNC(=O)N1CCSc1ccccc1Cl. The van der Waals surface area contributed by atoms with Crippen LogP contribution in [0.2, 0.25) is 5.02 Å². The third-order valence-corrected chi connectivity index (χ3v) is 3.84. The number of hydrogen-bond donors (Lipinski definition) is 1. The molecule has 0 aliphatic carbocycles. The molecule has 90 valence electrons. The van der Waals surface area contributed by atoms with Gasteiger partial charge in [0.2, 0.25) is 5.91 Å². The summed E-state index contributed by atoms with van der Waals surface area (Å²) in [6, 6.07) is 7.19. The summed E-state index contributed by atoms with van der Waals surface area (Å²) in [4.78, 5) is 24.7. The maximum atomic E-state index is 11.3. The number of rotatable bonds is 4. The van der Waals surface area contributed by atoms with E-state index in [9.17, 15) is 9.59 Å². The van der Waals surface area contributed by atoms with E-state index in [1.165, 1.54) is 16.7 Å². The molecule has 1 aliphatic rings. The Balaban J connectivity index is 1.86. The summed E-state index contributed by atoms with van der Waals surface area (Å²) >= 11 is 7.53. The molecule has 1 aromatic rings. The van der Waals surface area contributed by atoms with E-state index in [-0.39, 0.29) is 18.5 Å². The van der Waals surface area contributed by atoms with E-state index in [0.717, 1.165) is 4.90 Å². The fourth-order valence-electron chi connectivity index (χ4n) is 1.49. The number of thioether (sulfide) groups is 1. The van der Waals surface area contributed by atoms with E-state index in [4.69, 9.17) is 11.6 Å². The highest BCUT2D eigenvalue weighted by molar-refractivity contribution is 7.99. The molecule has 1 fully saturated rings. The highest BCUT2D eigenvalue weighted by Crippen LogP contribution is 2.26. The number of nitrogens with one attached hydrogen (secondary N) is 1. The first kappa shape index (κ1) is 12.3. The zero-order valence-corrected chi connectivity index (χ0v) is 10.6. The molecule has 1 N–H and O–H groups in total. The van der Waals surface area contributed by atoms with E-state index in [1.54, 1.807) is 0 Å². The minimum absolute atomic E-state index is 0.107. The van der Waals surface area contributed by atoms with Crippen molar-refractivity contribution in [3.8, 4) is 0 Å². The van der Waals surface area contributed by atoms with Gasteiger partial charge in [-0.1, -0.05) is 23.7 Å². The summed E-state index contributed by atoms with van der Waals surface area (Å²) in [6.45, 7) is 0.510.